The van der Waals surface area contributed by atoms with Gasteiger partial charge in [0.1, 0.15) is 11.4 Å². The fraction of sp³-hybridized carbons (Fsp3) is 0.538. The molecular weight excluding hydrogens is 246 g/mol. The van der Waals surface area contributed by atoms with E-state index in [2.05, 4.69) is 9.88 Å². The molecule has 104 valence electrons. The van der Waals surface area contributed by atoms with Gasteiger partial charge in [0, 0.05) is 44.6 Å². The first-order chi connectivity index (χ1) is 9.13. The van der Waals surface area contributed by atoms with E-state index in [0.29, 0.717) is 11.9 Å². The number of aromatic nitrogens is 1. The van der Waals surface area contributed by atoms with Crippen molar-refractivity contribution in [3.8, 4) is 5.75 Å². The zero-order valence-electron chi connectivity index (χ0n) is 11.3. The highest BCUT2D eigenvalue weighted by atomic mass is 16.5. The lowest BCUT2D eigenvalue weighted by atomic mass is 10.2. The number of nitrogens with zero attached hydrogens (tertiary/aromatic N) is 2. The zero-order chi connectivity index (χ0) is 13.8. The van der Waals surface area contributed by atoms with Crippen LogP contribution in [0.5, 0.6) is 5.75 Å². The maximum absolute atomic E-state index is 11.1. The molecule has 1 amide bonds. The van der Waals surface area contributed by atoms with Crippen molar-refractivity contribution in [2.24, 2.45) is 5.73 Å². The van der Waals surface area contributed by atoms with Crippen LogP contribution in [0.15, 0.2) is 12.3 Å². The van der Waals surface area contributed by atoms with Crippen LogP contribution in [-0.4, -0.2) is 49.2 Å². The first-order valence-corrected chi connectivity index (χ1v) is 6.22. The third kappa shape index (κ3) is 3.21. The summed E-state index contributed by atoms with van der Waals surface area (Å²) in [6.45, 7) is 2.62. The van der Waals surface area contributed by atoms with Gasteiger partial charge in [-0.2, -0.15) is 0 Å². The highest BCUT2D eigenvalue weighted by Gasteiger charge is 2.23. The van der Waals surface area contributed by atoms with Crippen molar-refractivity contribution >= 4 is 5.91 Å². The van der Waals surface area contributed by atoms with Gasteiger partial charge >= 0.3 is 0 Å². The van der Waals surface area contributed by atoms with Crippen LogP contribution >= 0.6 is 0 Å². The minimum Gasteiger partial charge on any atom is -0.496 e. The number of carbonyl (C=O) groups is 1. The molecule has 2 heterocycles. The molecule has 2 N–H and O–H groups in total. The third-order valence-corrected chi connectivity index (χ3v) is 3.37. The maximum atomic E-state index is 11.1. The fourth-order valence-electron chi connectivity index (χ4n) is 2.28. The average Bonchev–Trinajstić information content (AvgIpc) is 2.86. The first-order valence-electron chi connectivity index (χ1n) is 6.22. The van der Waals surface area contributed by atoms with E-state index >= 15 is 0 Å². The predicted molar refractivity (Wildman–Crippen MR) is 70.0 cm³/mol. The van der Waals surface area contributed by atoms with E-state index in [4.69, 9.17) is 15.2 Å². The highest BCUT2D eigenvalue weighted by Crippen LogP contribution is 2.22. The number of carbonyl (C=O) groups excluding carboxylic acids is 1. The van der Waals surface area contributed by atoms with E-state index in [-0.39, 0.29) is 5.69 Å². The SMILES string of the molecule is COc1cc(C(N)=O)ncc1CN1CCC(OC)C1. The number of pyridine rings is 1. The van der Waals surface area contributed by atoms with Crippen molar-refractivity contribution < 1.29 is 14.3 Å². The molecule has 1 aromatic rings. The largest absolute Gasteiger partial charge is 0.496 e. The Balaban J connectivity index is 2.10. The van der Waals surface area contributed by atoms with Crippen molar-refractivity contribution in [2.45, 2.75) is 19.1 Å². The molecule has 1 saturated heterocycles. The average molecular weight is 265 g/mol. The second-order valence-electron chi connectivity index (χ2n) is 4.63. The quantitative estimate of drug-likeness (QED) is 0.834. The molecule has 0 aromatic carbocycles. The fourth-order valence-corrected chi connectivity index (χ4v) is 2.28. The number of nitrogens with two attached hydrogens (primary N) is 1. The minimum absolute atomic E-state index is 0.219. The van der Waals surface area contributed by atoms with Crippen LogP contribution in [0, 0.1) is 0 Å². The van der Waals surface area contributed by atoms with E-state index in [1.807, 2.05) is 0 Å². The Morgan fingerprint density at radius 3 is 2.95 bits per heavy atom. The van der Waals surface area contributed by atoms with Gasteiger partial charge in [0.15, 0.2) is 0 Å². The van der Waals surface area contributed by atoms with Gasteiger partial charge < -0.3 is 15.2 Å². The predicted octanol–water partition coefficient (Wildman–Crippen LogP) is 0.410. The van der Waals surface area contributed by atoms with Gasteiger partial charge in [0.2, 0.25) is 0 Å². The molecule has 1 fully saturated rings. The van der Waals surface area contributed by atoms with Crippen molar-refractivity contribution in [3.63, 3.8) is 0 Å². The Labute approximate surface area is 112 Å². The molecule has 0 bridgehead atoms. The molecule has 1 unspecified atom stereocenters. The van der Waals surface area contributed by atoms with Crippen LogP contribution in [0.1, 0.15) is 22.5 Å². The highest BCUT2D eigenvalue weighted by molar-refractivity contribution is 5.91. The van der Waals surface area contributed by atoms with Crippen molar-refractivity contribution in [1.82, 2.24) is 9.88 Å². The maximum Gasteiger partial charge on any atom is 0.267 e. The van der Waals surface area contributed by atoms with Gasteiger partial charge in [-0.25, -0.2) is 0 Å². The van der Waals surface area contributed by atoms with Crippen LogP contribution in [0.25, 0.3) is 0 Å². The topological polar surface area (TPSA) is 77.7 Å². The number of hydrogen-bond acceptors (Lipinski definition) is 5. The summed E-state index contributed by atoms with van der Waals surface area (Å²) >= 11 is 0. The molecule has 0 spiro atoms. The summed E-state index contributed by atoms with van der Waals surface area (Å²) in [7, 11) is 3.31. The van der Waals surface area contributed by atoms with E-state index in [1.54, 1.807) is 26.5 Å². The molecule has 2 rings (SSSR count). The molecule has 19 heavy (non-hydrogen) atoms. The summed E-state index contributed by atoms with van der Waals surface area (Å²) in [5.74, 6) is 0.0927. The molecular formula is C13H19N3O3. The lowest BCUT2D eigenvalue weighted by molar-refractivity contribution is 0.0995. The van der Waals surface area contributed by atoms with E-state index in [0.717, 1.165) is 31.6 Å². The summed E-state index contributed by atoms with van der Waals surface area (Å²) in [4.78, 5) is 17.4. The minimum atomic E-state index is -0.550. The van der Waals surface area contributed by atoms with E-state index < -0.39 is 5.91 Å². The molecule has 6 heteroatoms. The van der Waals surface area contributed by atoms with Crippen LogP contribution in [0.4, 0.5) is 0 Å². The Morgan fingerprint density at radius 1 is 1.58 bits per heavy atom. The number of methoxy groups -OCH3 is 2. The standard InChI is InChI=1S/C13H19N3O3/c1-18-10-3-4-16(8-10)7-9-6-15-11(13(14)17)5-12(9)19-2/h5-6,10H,3-4,7-8H2,1-2H3,(H2,14,17). The molecule has 0 saturated carbocycles. The molecule has 1 aromatic heterocycles. The molecule has 1 aliphatic rings. The normalized spacial score (nSPS) is 19.6. The second-order valence-corrected chi connectivity index (χ2v) is 4.63. The lowest BCUT2D eigenvalue weighted by Gasteiger charge is -2.17. The van der Waals surface area contributed by atoms with Crippen molar-refractivity contribution in [1.29, 1.82) is 0 Å². The Bertz CT molecular complexity index is 464. The second kappa shape index (κ2) is 5.99. The Morgan fingerprint density at radius 2 is 2.37 bits per heavy atom. The number of hydrogen-bond donors (Lipinski definition) is 1. The molecule has 0 radical (unpaired) electrons. The monoisotopic (exact) mass is 265 g/mol. The third-order valence-electron chi connectivity index (χ3n) is 3.37. The Kier molecular flexibility index (Phi) is 4.34. The molecule has 0 aliphatic carbocycles. The zero-order valence-corrected chi connectivity index (χ0v) is 11.3. The van der Waals surface area contributed by atoms with Crippen LogP contribution in [0.2, 0.25) is 0 Å². The van der Waals surface area contributed by atoms with Crippen molar-refractivity contribution in [3.05, 3.63) is 23.5 Å². The molecule has 6 nitrogen and oxygen atoms in total. The van der Waals surface area contributed by atoms with Crippen LogP contribution in [0.3, 0.4) is 0 Å². The summed E-state index contributed by atoms with van der Waals surface area (Å²) in [5.41, 5.74) is 6.37. The number of rotatable bonds is 5. The lowest BCUT2D eigenvalue weighted by Crippen LogP contribution is -2.23. The van der Waals surface area contributed by atoms with Crippen molar-refractivity contribution in [2.75, 3.05) is 27.3 Å². The van der Waals surface area contributed by atoms with Gasteiger partial charge in [0.05, 0.1) is 13.2 Å². The smallest absolute Gasteiger partial charge is 0.267 e. The van der Waals surface area contributed by atoms with Gasteiger partial charge in [-0.1, -0.05) is 0 Å². The van der Waals surface area contributed by atoms with E-state index in [1.165, 1.54) is 0 Å². The van der Waals surface area contributed by atoms with Crippen LogP contribution in [-0.2, 0) is 11.3 Å². The Hall–Kier alpha value is -1.66. The number of amides is 1. The van der Waals surface area contributed by atoms with Gasteiger partial charge in [-0.3, -0.25) is 14.7 Å². The number of ether oxygens (including phenoxy) is 2. The molecule has 1 atom stereocenters. The summed E-state index contributed by atoms with van der Waals surface area (Å²) in [6, 6.07) is 1.58. The van der Waals surface area contributed by atoms with Gasteiger partial charge in [-0.05, 0) is 6.42 Å². The number of likely N-dealkylation sites (tertiary alicyclic amines) is 1. The van der Waals surface area contributed by atoms with Gasteiger partial charge in [-0.15, -0.1) is 0 Å². The number of primary amides is 1. The summed E-state index contributed by atoms with van der Waals surface area (Å²) < 4.78 is 10.6. The van der Waals surface area contributed by atoms with Crippen LogP contribution < -0.4 is 10.5 Å². The van der Waals surface area contributed by atoms with E-state index in [9.17, 15) is 4.79 Å². The summed E-state index contributed by atoms with van der Waals surface area (Å²) in [6.07, 6.45) is 2.98. The first kappa shape index (κ1) is 13.8. The molecule has 1 aliphatic heterocycles. The summed E-state index contributed by atoms with van der Waals surface area (Å²) in [5, 5.41) is 0. The van der Waals surface area contributed by atoms with Gasteiger partial charge in [0.25, 0.3) is 5.91 Å².